The second-order valence-corrected chi connectivity index (χ2v) is 7.82. The van der Waals surface area contributed by atoms with Crippen LogP contribution in [-0.2, 0) is 16.4 Å². The fraction of sp³-hybridized carbons (Fsp3) is 0.294. The van der Waals surface area contributed by atoms with Gasteiger partial charge in [-0.2, -0.15) is 0 Å². The molecule has 1 aliphatic rings. The Kier molecular flexibility index (Phi) is 3.33. The number of sulfone groups is 1. The molecule has 122 valence electrons. The Bertz CT molecular complexity index is 871. The number of ether oxygens (including phenoxy) is 1. The normalized spacial score (nSPS) is 15.3. The highest BCUT2D eigenvalue weighted by Gasteiger charge is 2.33. The summed E-state index contributed by atoms with van der Waals surface area (Å²) in [6, 6.07) is 2.91. The Morgan fingerprint density at radius 1 is 0.913 bits per heavy atom. The van der Waals surface area contributed by atoms with Crippen LogP contribution >= 0.6 is 0 Å². The van der Waals surface area contributed by atoms with Crippen LogP contribution in [0.1, 0.15) is 27.8 Å². The fourth-order valence-electron chi connectivity index (χ4n) is 2.96. The first kappa shape index (κ1) is 15.7. The van der Waals surface area contributed by atoms with Crippen molar-refractivity contribution in [3.05, 3.63) is 39.9 Å². The number of benzene rings is 2. The van der Waals surface area contributed by atoms with Gasteiger partial charge in [0.1, 0.15) is 28.8 Å². The largest absolute Gasteiger partial charge is 0.507 e. The van der Waals surface area contributed by atoms with E-state index in [1.54, 1.807) is 27.7 Å². The molecule has 3 rings (SSSR count). The number of hydrogen-bond donors (Lipinski definition) is 2. The van der Waals surface area contributed by atoms with Crippen LogP contribution in [-0.4, -0.2) is 18.6 Å². The third-order valence-corrected chi connectivity index (χ3v) is 6.23. The minimum atomic E-state index is -3.81. The summed E-state index contributed by atoms with van der Waals surface area (Å²) in [4.78, 5) is 0.196. The van der Waals surface area contributed by atoms with E-state index >= 15 is 0 Å². The molecule has 1 aliphatic heterocycles. The maximum Gasteiger partial charge on any atom is 0.210 e. The average Bonchev–Trinajstić information content (AvgIpc) is 2.59. The Labute approximate surface area is 135 Å². The summed E-state index contributed by atoms with van der Waals surface area (Å²) in [6.45, 7) is 6.63. The zero-order valence-corrected chi connectivity index (χ0v) is 14.2. The predicted octanol–water partition coefficient (Wildman–Crippen LogP) is 3.06. The van der Waals surface area contributed by atoms with Gasteiger partial charge < -0.3 is 14.9 Å². The van der Waals surface area contributed by atoms with Gasteiger partial charge in [0.2, 0.25) is 9.84 Å². The van der Waals surface area contributed by atoms with Crippen LogP contribution in [0.15, 0.2) is 21.9 Å². The van der Waals surface area contributed by atoms with E-state index in [0.717, 1.165) is 0 Å². The fourth-order valence-corrected chi connectivity index (χ4v) is 4.85. The molecule has 0 spiro atoms. The molecule has 2 aromatic rings. The van der Waals surface area contributed by atoms with Crippen LogP contribution in [0.3, 0.4) is 0 Å². The molecular weight excluding hydrogens is 316 g/mol. The lowest BCUT2D eigenvalue weighted by molar-refractivity contribution is 0.291. The Hall–Kier alpha value is -2.21. The van der Waals surface area contributed by atoms with Crippen molar-refractivity contribution < 1.29 is 23.4 Å². The zero-order valence-electron chi connectivity index (χ0n) is 13.4. The van der Waals surface area contributed by atoms with Gasteiger partial charge in [-0.05, 0) is 56.5 Å². The molecule has 0 bridgehead atoms. The molecule has 0 amide bonds. The summed E-state index contributed by atoms with van der Waals surface area (Å²) < 4.78 is 31.9. The van der Waals surface area contributed by atoms with Crippen LogP contribution in [0.25, 0.3) is 0 Å². The molecule has 2 aromatic carbocycles. The summed E-state index contributed by atoms with van der Waals surface area (Å²) in [5, 5.41) is 20.2. The van der Waals surface area contributed by atoms with Crippen LogP contribution < -0.4 is 4.74 Å². The van der Waals surface area contributed by atoms with E-state index in [-0.39, 0.29) is 33.6 Å². The van der Waals surface area contributed by atoms with E-state index in [4.69, 9.17) is 4.74 Å². The van der Waals surface area contributed by atoms with Gasteiger partial charge >= 0.3 is 0 Å². The minimum Gasteiger partial charge on any atom is -0.507 e. The average molecular weight is 334 g/mol. The monoisotopic (exact) mass is 334 g/mol. The van der Waals surface area contributed by atoms with Gasteiger partial charge in [-0.3, -0.25) is 0 Å². The lowest BCUT2D eigenvalue weighted by Crippen LogP contribution is -2.06. The van der Waals surface area contributed by atoms with E-state index in [9.17, 15) is 18.6 Å². The van der Waals surface area contributed by atoms with Crippen LogP contribution in [0.5, 0.6) is 17.2 Å². The van der Waals surface area contributed by atoms with Gasteiger partial charge in [-0.25, -0.2) is 8.42 Å². The van der Waals surface area contributed by atoms with Crippen LogP contribution in [0.4, 0.5) is 0 Å². The van der Waals surface area contributed by atoms with E-state index in [1.165, 1.54) is 12.1 Å². The molecule has 0 saturated carbocycles. The second-order valence-electron chi connectivity index (χ2n) is 5.93. The summed E-state index contributed by atoms with van der Waals surface area (Å²) >= 11 is 0. The van der Waals surface area contributed by atoms with Crippen LogP contribution in [0, 0.1) is 27.7 Å². The van der Waals surface area contributed by atoms with Gasteiger partial charge in [-0.15, -0.1) is 0 Å². The first-order valence-corrected chi connectivity index (χ1v) is 8.67. The number of aromatic hydroxyl groups is 2. The first-order chi connectivity index (χ1) is 10.7. The highest BCUT2D eigenvalue weighted by molar-refractivity contribution is 7.91. The lowest BCUT2D eigenvalue weighted by Gasteiger charge is -2.13. The highest BCUT2D eigenvalue weighted by atomic mass is 32.2. The molecule has 0 fully saturated rings. The molecule has 6 heteroatoms. The van der Waals surface area contributed by atoms with E-state index < -0.39 is 9.84 Å². The van der Waals surface area contributed by atoms with Gasteiger partial charge in [0, 0.05) is 11.1 Å². The molecule has 23 heavy (non-hydrogen) atoms. The third-order valence-electron chi connectivity index (χ3n) is 4.41. The van der Waals surface area contributed by atoms with Gasteiger partial charge in [-0.1, -0.05) is 0 Å². The summed E-state index contributed by atoms with van der Waals surface area (Å²) in [5.74, 6) is 0.269. The topological polar surface area (TPSA) is 83.8 Å². The van der Waals surface area contributed by atoms with Gasteiger partial charge in [0.15, 0.2) is 0 Å². The van der Waals surface area contributed by atoms with Crippen molar-refractivity contribution >= 4 is 9.84 Å². The molecule has 0 unspecified atom stereocenters. The van der Waals surface area contributed by atoms with Crippen molar-refractivity contribution in [2.75, 3.05) is 0 Å². The highest BCUT2D eigenvalue weighted by Crippen LogP contribution is 2.44. The SMILES string of the molecule is Cc1cc2c(c(C)c1O)COc1c(cc(C)c(O)c1C)S2(=O)=O. The maximum absolute atomic E-state index is 13.1. The minimum absolute atomic E-state index is 0.0184. The van der Waals surface area contributed by atoms with Crippen molar-refractivity contribution in [1.82, 2.24) is 0 Å². The Morgan fingerprint density at radius 2 is 1.43 bits per heavy atom. The van der Waals surface area contributed by atoms with Crippen molar-refractivity contribution in [3.63, 3.8) is 0 Å². The van der Waals surface area contributed by atoms with E-state index in [0.29, 0.717) is 27.8 Å². The number of rotatable bonds is 0. The maximum atomic E-state index is 13.1. The first-order valence-electron chi connectivity index (χ1n) is 7.19. The van der Waals surface area contributed by atoms with Crippen LogP contribution in [0.2, 0.25) is 0 Å². The molecule has 2 N–H and O–H groups in total. The lowest BCUT2D eigenvalue weighted by atomic mass is 10.0. The molecule has 1 heterocycles. The number of fused-ring (bicyclic) bond motifs is 2. The smallest absolute Gasteiger partial charge is 0.210 e. The zero-order chi connectivity index (χ0) is 17.1. The summed E-state index contributed by atoms with van der Waals surface area (Å²) in [5.41, 5.74) is 2.32. The van der Waals surface area contributed by atoms with Gasteiger partial charge in [0.25, 0.3) is 0 Å². The molecular formula is C17H18O5S. The van der Waals surface area contributed by atoms with Crippen molar-refractivity contribution in [3.8, 4) is 17.2 Å². The Morgan fingerprint density at radius 3 is 2.04 bits per heavy atom. The number of aryl methyl sites for hydroxylation is 2. The second kappa shape index (κ2) is 4.89. The third kappa shape index (κ3) is 2.09. The number of hydrogen-bond acceptors (Lipinski definition) is 5. The predicted molar refractivity (Wildman–Crippen MR) is 84.9 cm³/mol. The van der Waals surface area contributed by atoms with Crippen molar-refractivity contribution in [2.45, 2.75) is 44.1 Å². The summed E-state index contributed by atoms with van der Waals surface area (Å²) in [7, 11) is -3.81. The molecule has 0 aromatic heterocycles. The standard InChI is InChI=1S/C17H18O5S/c1-8-5-13-12(10(3)15(8)18)7-22-17-11(4)16(19)9(2)6-14(17)23(13,20)21/h5-6,18-19H,7H2,1-4H3. The van der Waals surface area contributed by atoms with E-state index in [2.05, 4.69) is 0 Å². The summed E-state index contributed by atoms with van der Waals surface area (Å²) in [6.07, 6.45) is 0. The number of phenols is 2. The number of phenolic OH excluding ortho intramolecular Hbond substituents is 2. The van der Waals surface area contributed by atoms with E-state index in [1.807, 2.05) is 0 Å². The molecule has 0 atom stereocenters. The van der Waals surface area contributed by atoms with Crippen molar-refractivity contribution in [1.29, 1.82) is 0 Å². The Balaban J connectivity index is 2.42. The molecule has 0 aliphatic carbocycles. The molecule has 0 saturated heterocycles. The molecule has 5 nitrogen and oxygen atoms in total. The quantitative estimate of drug-likeness (QED) is 0.773. The van der Waals surface area contributed by atoms with Crippen molar-refractivity contribution in [2.24, 2.45) is 0 Å². The van der Waals surface area contributed by atoms with Gasteiger partial charge in [0.05, 0.1) is 4.90 Å². The molecule has 0 radical (unpaired) electrons.